The van der Waals surface area contributed by atoms with Crippen LogP contribution in [0.15, 0.2) is 51.8 Å². The van der Waals surface area contributed by atoms with Crippen molar-refractivity contribution >= 4 is 48.9 Å². The van der Waals surface area contributed by atoms with Crippen LogP contribution in [-0.4, -0.2) is 8.42 Å². The van der Waals surface area contributed by atoms with Gasteiger partial charge in [-0.25, -0.2) is 8.42 Å². The third-order valence-corrected chi connectivity index (χ3v) is 4.54. The van der Waals surface area contributed by atoms with E-state index in [1.807, 2.05) is 0 Å². The van der Waals surface area contributed by atoms with Gasteiger partial charge in [-0.2, -0.15) is 0 Å². The Morgan fingerprint density at radius 1 is 1.16 bits per heavy atom. The van der Waals surface area contributed by atoms with E-state index in [0.29, 0.717) is 4.47 Å². The average molecular weight is 362 g/mol. The third-order valence-electron chi connectivity index (χ3n) is 2.39. The molecule has 0 bridgehead atoms. The Morgan fingerprint density at radius 2 is 1.84 bits per heavy atom. The fourth-order valence-electron chi connectivity index (χ4n) is 1.48. The lowest BCUT2D eigenvalue weighted by atomic mass is 10.3. The molecule has 3 N–H and O–H groups in total. The molecule has 100 valence electrons. The van der Waals surface area contributed by atoms with Gasteiger partial charge in [0.05, 0.1) is 21.3 Å². The van der Waals surface area contributed by atoms with Gasteiger partial charge in [-0.3, -0.25) is 4.72 Å². The first-order chi connectivity index (χ1) is 8.90. The van der Waals surface area contributed by atoms with Crippen molar-refractivity contribution in [2.24, 2.45) is 0 Å². The van der Waals surface area contributed by atoms with Gasteiger partial charge in [0, 0.05) is 4.47 Å². The standard InChI is InChI=1S/C12H10BrClN2O2S/c13-8-3-1-4-9(7-8)19(17,18)16-12-10(14)5-2-6-11(12)15/h1-7,16H,15H2. The molecule has 19 heavy (non-hydrogen) atoms. The Balaban J connectivity index is 2.42. The molecule has 2 aromatic rings. The van der Waals surface area contributed by atoms with E-state index in [4.69, 9.17) is 17.3 Å². The van der Waals surface area contributed by atoms with Crippen LogP contribution in [0.1, 0.15) is 0 Å². The van der Waals surface area contributed by atoms with E-state index in [1.54, 1.807) is 30.3 Å². The zero-order chi connectivity index (χ0) is 14.0. The second kappa shape index (κ2) is 5.40. The van der Waals surface area contributed by atoms with Crippen LogP contribution < -0.4 is 10.5 Å². The quantitative estimate of drug-likeness (QED) is 0.822. The van der Waals surface area contributed by atoms with Gasteiger partial charge in [-0.05, 0) is 30.3 Å². The lowest BCUT2D eigenvalue weighted by Crippen LogP contribution is -2.14. The molecule has 0 saturated carbocycles. The minimum Gasteiger partial charge on any atom is -0.397 e. The van der Waals surface area contributed by atoms with Crippen molar-refractivity contribution in [1.82, 2.24) is 0 Å². The van der Waals surface area contributed by atoms with Crippen molar-refractivity contribution in [2.45, 2.75) is 4.90 Å². The Morgan fingerprint density at radius 3 is 2.47 bits per heavy atom. The molecule has 4 nitrogen and oxygen atoms in total. The van der Waals surface area contributed by atoms with Crippen LogP contribution in [0.2, 0.25) is 5.02 Å². The summed E-state index contributed by atoms with van der Waals surface area (Å²) in [7, 11) is -3.73. The van der Waals surface area contributed by atoms with Gasteiger partial charge in [0.1, 0.15) is 0 Å². The molecule has 0 aliphatic rings. The molecule has 0 saturated heterocycles. The van der Waals surface area contributed by atoms with Crippen molar-refractivity contribution < 1.29 is 8.42 Å². The Hall–Kier alpha value is -1.24. The number of para-hydroxylation sites is 1. The molecule has 0 amide bonds. The summed E-state index contributed by atoms with van der Waals surface area (Å²) in [5.74, 6) is 0. The van der Waals surface area contributed by atoms with Crippen molar-refractivity contribution in [1.29, 1.82) is 0 Å². The first-order valence-electron chi connectivity index (χ1n) is 5.22. The predicted octanol–water partition coefficient (Wildman–Crippen LogP) is 3.49. The zero-order valence-corrected chi connectivity index (χ0v) is 12.8. The predicted molar refractivity (Wildman–Crippen MR) is 80.8 cm³/mol. The highest BCUT2D eigenvalue weighted by molar-refractivity contribution is 9.10. The van der Waals surface area contributed by atoms with E-state index < -0.39 is 10.0 Å². The van der Waals surface area contributed by atoms with E-state index in [0.717, 1.165) is 0 Å². The molecular formula is C12H10BrClN2O2S. The Kier molecular flexibility index (Phi) is 4.03. The van der Waals surface area contributed by atoms with Gasteiger partial charge in [0.2, 0.25) is 0 Å². The fourth-order valence-corrected chi connectivity index (χ4v) is 3.47. The number of hydrogen-bond donors (Lipinski definition) is 2. The molecule has 2 aromatic carbocycles. The number of hydrogen-bond acceptors (Lipinski definition) is 3. The molecule has 0 aliphatic carbocycles. The van der Waals surface area contributed by atoms with Crippen molar-refractivity contribution in [3.63, 3.8) is 0 Å². The molecule has 0 fully saturated rings. The van der Waals surface area contributed by atoms with Gasteiger partial charge in [0.15, 0.2) is 0 Å². The van der Waals surface area contributed by atoms with Gasteiger partial charge in [0.25, 0.3) is 10.0 Å². The first kappa shape index (κ1) is 14.2. The van der Waals surface area contributed by atoms with Crippen LogP contribution in [0.4, 0.5) is 11.4 Å². The maximum atomic E-state index is 12.2. The van der Waals surface area contributed by atoms with Gasteiger partial charge < -0.3 is 5.73 Å². The summed E-state index contributed by atoms with van der Waals surface area (Å²) in [5, 5.41) is 0.249. The summed E-state index contributed by atoms with van der Waals surface area (Å²) in [5.41, 5.74) is 6.17. The van der Waals surface area contributed by atoms with Crippen LogP contribution in [0, 0.1) is 0 Å². The maximum Gasteiger partial charge on any atom is 0.262 e. The molecule has 0 unspecified atom stereocenters. The number of benzene rings is 2. The molecule has 2 rings (SSSR count). The van der Waals surface area contributed by atoms with E-state index in [-0.39, 0.29) is 21.3 Å². The number of sulfonamides is 1. The van der Waals surface area contributed by atoms with Gasteiger partial charge >= 0.3 is 0 Å². The highest BCUT2D eigenvalue weighted by Crippen LogP contribution is 2.30. The van der Waals surface area contributed by atoms with E-state index in [9.17, 15) is 8.42 Å². The molecule has 7 heteroatoms. The van der Waals surface area contributed by atoms with Gasteiger partial charge in [-0.1, -0.05) is 39.7 Å². The van der Waals surface area contributed by atoms with E-state index in [1.165, 1.54) is 12.1 Å². The molecule has 0 radical (unpaired) electrons. The van der Waals surface area contributed by atoms with E-state index in [2.05, 4.69) is 20.7 Å². The van der Waals surface area contributed by atoms with Crippen LogP contribution in [-0.2, 0) is 10.0 Å². The number of anilines is 2. The Labute approximate surface area is 124 Å². The molecule has 0 atom stereocenters. The monoisotopic (exact) mass is 360 g/mol. The van der Waals surface area contributed by atoms with Crippen LogP contribution in [0.25, 0.3) is 0 Å². The lowest BCUT2D eigenvalue weighted by molar-refractivity contribution is 0.601. The highest BCUT2D eigenvalue weighted by atomic mass is 79.9. The van der Waals surface area contributed by atoms with Gasteiger partial charge in [-0.15, -0.1) is 0 Å². The molecule has 0 aromatic heterocycles. The van der Waals surface area contributed by atoms with Crippen molar-refractivity contribution in [3.8, 4) is 0 Å². The first-order valence-corrected chi connectivity index (χ1v) is 7.88. The summed E-state index contributed by atoms with van der Waals surface area (Å²) < 4.78 is 27.5. The minimum atomic E-state index is -3.73. The number of nitrogens with one attached hydrogen (secondary N) is 1. The summed E-state index contributed by atoms with van der Waals surface area (Å²) >= 11 is 9.16. The fraction of sp³-hybridized carbons (Fsp3) is 0. The summed E-state index contributed by atoms with van der Waals surface area (Å²) in [4.78, 5) is 0.126. The molecule has 0 spiro atoms. The summed E-state index contributed by atoms with van der Waals surface area (Å²) in [6, 6.07) is 11.1. The average Bonchev–Trinajstić information content (AvgIpc) is 2.34. The summed E-state index contributed by atoms with van der Waals surface area (Å²) in [6.07, 6.45) is 0. The number of halogens is 2. The molecular weight excluding hydrogens is 352 g/mol. The SMILES string of the molecule is Nc1cccc(Cl)c1NS(=O)(=O)c1cccc(Br)c1. The topological polar surface area (TPSA) is 72.2 Å². The van der Waals surface area contributed by atoms with E-state index >= 15 is 0 Å². The smallest absolute Gasteiger partial charge is 0.262 e. The second-order valence-corrected chi connectivity index (χ2v) is 6.77. The number of nitrogen functional groups attached to an aromatic ring is 1. The van der Waals surface area contributed by atoms with Crippen molar-refractivity contribution in [2.75, 3.05) is 10.5 Å². The Bertz CT molecular complexity index is 699. The third kappa shape index (κ3) is 3.20. The normalized spacial score (nSPS) is 11.3. The highest BCUT2D eigenvalue weighted by Gasteiger charge is 2.17. The van der Waals surface area contributed by atoms with Crippen LogP contribution in [0.3, 0.4) is 0 Å². The zero-order valence-electron chi connectivity index (χ0n) is 9.60. The van der Waals surface area contributed by atoms with Crippen LogP contribution in [0.5, 0.6) is 0 Å². The molecule has 0 heterocycles. The largest absolute Gasteiger partial charge is 0.397 e. The minimum absolute atomic E-state index is 0.126. The molecule has 0 aliphatic heterocycles. The second-order valence-electron chi connectivity index (χ2n) is 3.77. The number of nitrogens with two attached hydrogens (primary N) is 1. The van der Waals surface area contributed by atoms with Crippen molar-refractivity contribution in [3.05, 3.63) is 52.0 Å². The lowest BCUT2D eigenvalue weighted by Gasteiger charge is -2.12. The van der Waals surface area contributed by atoms with Crippen LogP contribution >= 0.6 is 27.5 Å². The maximum absolute atomic E-state index is 12.2. The summed E-state index contributed by atoms with van der Waals surface area (Å²) in [6.45, 7) is 0. The number of rotatable bonds is 3.